The second-order valence-electron chi connectivity index (χ2n) is 2.55. The number of ether oxygens (including phenoxy) is 1. The maximum Gasteiger partial charge on any atom is 0.341 e. The van der Waals surface area contributed by atoms with Gasteiger partial charge in [-0.1, -0.05) is 0 Å². The summed E-state index contributed by atoms with van der Waals surface area (Å²) in [7, 11) is 0. The minimum absolute atomic E-state index is 0.265. The molecule has 0 unspecified atom stereocenters. The first-order chi connectivity index (χ1) is 6.20. The fourth-order valence-electron chi connectivity index (χ4n) is 1.07. The lowest BCUT2D eigenvalue weighted by Crippen LogP contribution is -2.08. The Morgan fingerprint density at radius 1 is 1.69 bits per heavy atom. The zero-order valence-electron chi connectivity index (χ0n) is 7.63. The predicted octanol–water partition coefficient (Wildman–Crippen LogP) is 0.387. The number of aryl methyl sites for hydroxylation is 1. The molecule has 0 saturated heterocycles. The number of nitrogens with zero attached hydrogens (tertiary/aromatic N) is 1. The van der Waals surface area contributed by atoms with Gasteiger partial charge < -0.3 is 9.84 Å². The minimum atomic E-state index is -0.446. The molecular formula is C8H12N2O3. The highest BCUT2D eigenvalue weighted by Gasteiger charge is 2.17. The number of carbonyl (C=O) groups is 1. The predicted molar refractivity (Wildman–Crippen MR) is 45.2 cm³/mol. The lowest BCUT2D eigenvalue weighted by molar-refractivity contribution is 0.0522. The second kappa shape index (κ2) is 4.04. The number of rotatable bonds is 3. The van der Waals surface area contributed by atoms with Gasteiger partial charge in [0.05, 0.1) is 13.2 Å². The number of nitrogens with one attached hydrogen (secondary N) is 1. The fourth-order valence-corrected chi connectivity index (χ4v) is 1.07. The standard InChI is InChI=1S/C8H12N2O3/c1-3-13-8(12)7-5(2)9-10-6(7)4-11/h11H,3-4H2,1-2H3,(H,9,10). The zero-order chi connectivity index (χ0) is 9.84. The first kappa shape index (κ1) is 9.73. The van der Waals surface area contributed by atoms with E-state index < -0.39 is 5.97 Å². The van der Waals surface area contributed by atoms with E-state index in [4.69, 9.17) is 9.84 Å². The van der Waals surface area contributed by atoms with Gasteiger partial charge >= 0.3 is 5.97 Å². The Kier molecular flexibility index (Phi) is 3.02. The summed E-state index contributed by atoms with van der Waals surface area (Å²) in [6.07, 6.45) is 0. The number of hydrogen-bond donors (Lipinski definition) is 2. The van der Waals surface area contributed by atoms with Crippen LogP contribution in [0.1, 0.15) is 28.7 Å². The van der Waals surface area contributed by atoms with Crippen molar-refractivity contribution in [2.45, 2.75) is 20.5 Å². The van der Waals surface area contributed by atoms with Crippen LogP contribution in [0, 0.1) is 6.92 Å². The molecule has 1 rings (SSSR count). The van der Waals surface area contributed by atoms with Gasteiger partial charge in [-0.05, 0) is 13.8 Å². The number of aromatic nitrogens is 2. The van der Waals surface area contributed by atoms with E-state index in [9.17, 15) is 4.79 Å². The molecule has 72 valence electrons. The first-order valence-corrected chi connectivity index (χ1v) is 4.02. The highest BCUT2D eigenvalue weighted by molar-refractivity contribution is 5.91. The molecule has 1 aromatic rings. The third-order valence-corrected chi connectivity index (χ3v) is 1.65. The van der Waals surface area contributed by atoms with E-state index in [1.54, 1.807) is 13.8 Å². The van der Waals surface area contributed by atoms with Gasteiger partial charge in [0.15, 0.2) is 0 Å². The zero-order valence-corrected chi connectivity index (χ0v) is 7.63. The summed E-state index contributed by atoms with van der Waals surface area (Å²) >= 11 is 0. The van der Waals surface area contributed by atoms with E-state index in [1.165, 1.54) is 0 Å². The van der Waals surface area contributed by atoms with E-state index in [2.05, 4.69) is 10.2 Å². The van der Waals surface area contributed by atoms with Crippen molar-refractivity contribution in [1.29, 1.82) is 0 Å². The molecule has 0 aromatic carbocycles. The molecule has 0 spiro atoms. The number of aromatic amines is 1. The average Bonchev–Trinajstić information content (AvgIpc) is 2.47. The minimum Gasteiger partial charge on any atom is -0.462 e. The number of hydrogen-bond acceptors (Lipinski definition) is 4. The smallest absolute Gasteiger partial charge is 0.341 e. The van der Waals surface area contributed by atoms with E-state index >= 15 is 0 Å². The lowest BCUT2D eigenvalue weighted by atomic mass is 10.2. The fraction of sp³-hybridized carbons (Fsp3) is 0.500. The van der Waals surface area contributed by atoms with Crippen molar-refractivity contribution in [2.75, 3.05) is 6.61 Å². The van der Waals surface area contributed by atoms with Gasteiger partial charge in [-0.2, -0.15) is 5.10 Å². The molecule has 0 aliphatic heterocycles. The van der Waals surface area contributed by atoms with Crippen molar-refractivity contribution in [3.05, 3.63) is 17.0 Å². The molecule has 0 aliphatic rings. The SMILES string of the molecule is CCOC(=O)c1c(CO)n[nH]c1C. The summed E-state index contributed by atoms with van der Waals surface area (Å²) in [5.74, 6) is -0.446. The van der Waals surface area contributed by atoms with Crippen LogP contribution in [-0.2, 0) is 11.3 Å². The molecule has 0 radical (unpaired) electrons. The molecule has 13 heavy (non-hydrogen) atoms. The first-order valence-electron chi connectivity index (χ1n) is 4.02. The molecule has 1 heterocycles. The average molecular weight is 184 g/mol. The number of carbonyl (C=O) groups excluding carboxylic acids is 1. The summed E-state index contributed by atoms with van der Waals surface area (Å²) < 4.78 is 4.80. The Morgan fingerprint density at radius 3 is 2.92 bits per heavy atom. The van der Waals surface area contributed by atoms with Crippen LogP contribution in [0.15, 0.2) is 0 Å². The Hall–Kier alpha value is -1.36. The Balaban J connectivity index is 2.96. The van der Waals surface area contributed by atoms with E-state index in [0.29, 0.717) is 23.6 Å². The number of aliphatic hydroxyl groups excluding tert-OH is 1. The Morgan fingerprint density at radius 2 is 2.38 bits per heavy atom. The highest BCUT2D eigenvalue weighted by atomic mass is 16.5. The highest BCUT2D eigenvalue weighted by Crippen LogP contribution is 2.11. The molecular weight excluding hydrogens is 172 g/mol. The summed E-state index contributed by atoms with van der Waals surface area (Å²) in [5, 5.41) is 15.2. The van der Waals surface area contributed by atoms with Gasteiger partial charge in [0.2, 0.25) is 0 Å². The molecule has 5 nitrogen and oxygen atoms in total. The summed E-state index contributed by atoms with van der Waals surface area (Å²) in [6.45, 7) is 3.48. The van der Waals surface area contributed by atoms with Gasteiger partial charge in [0.1, 0.15) is 11.3 Å². The Labute approximate surface area is 75.7 Å². The van der Waals surface area contributed by atoms with Crippen molar-refractivity contribution in [2.24, 2.45) is 0 Å². The molecule has 1 aromatic heterocycles. The number of aliphatic hydroxyl groups is 1. The quantitative estimate of drug-likeness (QED) is 0.666. The topological polar surface area (TPSA) is 75.2 Å². The van der Waals surface area contributed by atoms with Crippen molar-refractivity contribution in [3.63, 3.8) is 0 Å². The summed E-state index contributed by atoms with van der Waals surface area (Å²) in [6, 6.07) is 0. The van der Waals surface area contributed by atoms with Crippen LogP contribution >= 0.6 is 0 Å². The normalized spacial score (nSPS) is 10.1. The van der Waals surface area contributed by atoms with E-state index in [1.807, 2.05) is 0 Å². The van der Waals surface area contributed by atoms with Gasteiger partial charge in [-0.3, -0.25) is 5.10 Å². The van der Waals surface area contributed by atoms with Crippen molar-refractivity contribution in [3.8, 4) is 0 Å². The van der Waals surface area contributed by atoms with Gasteiger partial charge in [-0.25, -0.2) is 4.79 Å². The number of H-pyrrole nitrogens is 1. The third kappa shape index (κ3) is 1.86. The molecule has 2 N–H and O–H groups in total. The molecule has 0 aliphatic carbocycles. The summed E-state index contributed by atoms with van der Waals surface area (Å²) in [5.41, 5.74) is 1.28. The third-order valence-electron chi connectivity index (χ3n) is 1.65. The van der Waals surface area contributed by atoms with Gasteiger partial charge in [-0.15, -0.1) is 0 Å². The van der Waals surface area contributed by atoms with Gasteiger partial charge in [0.25, 0.3) is 0 Å². The van der Waals surface area contributed by atoms with E-state index in [0.717, 1.165) is 0 Å². The largest absolute Gasteiger partial charge is 0.462 e. The molecule has 0 saturated carbocycles. The molecule has 0 amide bonds. The van der Waals surface area contributed by atoms with Crippen LogP contribution in [0.4, 0.5) is 0 Å². The van der Waals surface area contributed by atoms with E-state index in [-0.39, 0.29) is 6.61 Å². The van der Waals surface area contributed by atoms with Crippen LogP contribution in [0.25, 0.3) is 0 Å². The van der Waals surface area contributed by atoms with Crippen LogP contribution in [-0.4, -0.2) is 27.9 Å². The van der Waals surface area contributed by atoms with Crippen molar-refractivity contribution in [1.82, 2.24) is 10.2 Å². The lowest BCUT2D eigenvalue weighted by Gasteiger charge is -2.01. The Bertz CT molecular complexity index is 306. The number of esters is 1. The maximum atomic E-state index is 11.3. The van der Waals surface area contributed by atoms with Crippen molar-refractivity contribution >= 4 is 5.97 Å². The van der Waals surface area contributed by atoms with Crippen LogP contribution < -0.4 is 0 Å². The van der Waals surface area contributed by atoms with Crippen LogP contribution in [0.3, 0.4) is 0 Å². The maximum absolute atomic E-state index is 11.3. The van der Waals surface area contributed by atoms with Gasteiger partial charge in [0, 0.05) is 5.69 Å². The van der Waals surface area contributed by atoms with Crippen molar-refractivity contribution < 1.29 is 14.6 Å². The molecule has 0 atom stereocenters. The monoisotopic (exact) mass is 184 g/mol. The molecule has 0 fully saturated rings. The molecule has 0 bridgehead atoms. The second-order valence-corrected chi connectivity index (χ2v) is 2.55. The van der Waals surface area contributed by atoms with Crippen LogP contribution in [0.2, 0.25) is 0 Å². The molecule has 5 heteroatoms. The summed E-state index contributed by atoms with van der Waals surface area (Å²) in [4.78, 5) is 11.3. The van der Waals surface area contributed by atoms with Crippen LogP contribution in [0.5, 0.6) is 0 Å².